The van der Waals surface area contributed by atoms with E-state index >= 15 is 0 Å². The predicted octanol–water partition coefficient (Wildman–Crippen LogP) is 0.308. The molecule has 0 saturated heterocycles. The van der Waals surface area contributed by atoms with Crippen LogP contribution in [-0.2, 0) is 0 Å². The molecule has 11 heavy (non-hydrogen) atoms. The fourth-order valence-electron chi connectivity index (χ4n) is 0.725. The SMILES string of the molecule is N#Cc1cc[c]c(C(N)O)c1. The van der Waals surface area contributed by atoms with Crippen molar-refractivity contribution in [1.82, 2.24) is 0 Å². The second kappa shape index (κ2) is 3.15. The molecule has 3 N–H and O–H groups in total. The van der Waals surface area contributed by atoms with Crippen LogP contribution < -0.4 is 5.73 Å². The van der Waals surface area contributed by atoms with Crippen molar-refractivity contribution in [2.24, 2.45) is 5.73 Å². The van der Waals surface area contributed by atoms with E-state index in [4.69, 9.17) is 16.1 Å². The lowest BCUT2D eigenvalue weighted by Crippen LogP contribution is -2.08. The highest BCUT2D eigenvalue weighted by Gasteiger charge is 2.00. The first-order valence-electron chi connectivity index (χ1n) is 3.09. The highest BCUT2D eigenvalue weighted by molar-refractivity contribution is 5.32. The van der Waals surface area contributed by atoms with Crippen molar-refractivity contribution >= 4 is 0 Å². The van der Waals surface area contributed by atoms with Crippen LogP contribution in [-0.4, -0.2) is 5.11 Å². The van der Waals surface area contributed by atoms with Crippen LogP contribution in [0.3, 0.4) is 0 Å². The zero-order chi connectivity index (χ0) is 8.27. The average molecular weight is 147 g/mol. The number of nitrogens with two attached hydrogens (primary N) is 1. The maximum atomic E-state index is 8.88. The molecule has 0 aliphatic carbocycles. The van der Waals surface area contributed by atoms with Crippen molar-refractivity contribution in [3.8, 4) is 6.07 Å². The van der Waals surface area contributed by atoms with Crippen LogP contribution in [0.2, 0.25) is 0 Å². The standard InChI is InChI=1S/C8H7N2O/c9-5-6-2-1-3-7(4-6)8(10)11/h1-2,4,8,11H,10H2. The number of nitrogens with zero attached hydrogens (tertiary/aromatic N) is 1. The van der Waals surface area contributed by atoms with Gasteiger partial charge in [-0.1, -0.05) is 6.07 Å². The highest BCUT2D eigenvalue weighted by Crippen LogP contribution is 2.07. The van der Waals surface area contributed by atoms with Crippen LogP contribution in [0.25, 0.3) is 0 Å². The lowest BCUT2D eigenvalue weighted by atomic mass is 10.1. The monoisotopic (exact) mass is 147 g/mol. The third kappa shape index (κ3) is 1.77. The quantitative estimate of drug-likeness (QED) is 0.561. The molecule has 1 radical (unpaired) electrons. The van der Waals surface area contributed by atoms with E-state index in [0.29, 0.717) is 11.1 Å². The summed E-state index contributed by atoms with van der Waals surface area (Å²) in [5.74, 6) is 0. The summed E-state index contributed by atoms with van der Waals surface area (Å²) in [5.41, 5.74) is 6.06. The van der Waals surface area contributed by atoms with Crippen molar-refractivity contribution in [1.29, 1.82) is 5.26 Å². The number of hydrogen-bond donors (Lipinski definition) is 2. The van der Waals surface area contributed by atoms with Crippen molar-refractivity contribution < 1.29 is 5.11 Å². The Kier molecular flexibility index (Phi) is 2.21. The molecule has 1 atom stereocenters. The normalized spacial score (nSPS) is 12.1. The molecule has 0 bridgehead atoms. The van der Waals surface area contributed by atoms with E-state index in [1.165, 1.54) is 6.07 Å². The van der Waals surface area contributed by atoms with E-state index in [2.05, 4.69) is 6.07 Å². The van der Waals surface area contributed by atoms with Crippen LogP contribution in [0.15, 0.2) is 18.2 Å². The van der Waals surface area contributed by atoms with E-state index in [-0.39, 0.29) is 0 Å². The van der Waals surface area contributed by atoms with E-state index in [0.717, 1.165) is 0 Å². The number of benzene rings is 1. The molecule has 55 valence electrons. The van der Waals surface area contributed by atoms with Crippen molar-refractivity contribution in [2.75, 3.05) is 0 Å². The molecular formula is C8H7N2O. The van der Waals surface area contributed by atoms with Crippen molar-refractivity contribution in [3.05, 3.63) is 35.4 Å². The third-order valence-electron chi connectivity index (χ3n) is 1.27. The Labute approximate surface area is 64.7 Å². The Balaban J connectivity index is 3.03. The molecule has 1 rings (SSSR count). The molecule has 1 aromatic rings. The summed E-state index contributed by atoms with van der Waals surface area (Å²) in [4.78, 5) is 0. The van der Waals surface area contributed by atoms with Gasteiger partial charge in [-0.05, 0) is 18.2 Å². The minimum absolute atomic E-state index is 0.434. The lowest BCUT2D eigenvalue weighted by Gasteiger charge is -2.02. The predicted molar refractivity (Wildman–Crippen MR) is 39.1 cm³/mol. The number of aliphatic hydroxyl groups is 1. The van der Waals surface area contributed by atoms with Gasteiger partial charge in [0.15, 0.2) is 0 Å². The van der Waals surface area contributed by atoms with Crippen LogP contribution >= 0.6 is 0 Å². The Bertz CT molecular complexity index is 288. The first-order chi connectivity index (χ1) is 5.24. The van der Waals surface area contributed by atoms with Gasteiger partial charge < -0.3 is 10.8 Å². The molecule has 0 aromatic heterocycles. The molecule has 0 aliphatic rings. The fourth-order valence-corrected chi connectivity index (χ4v) is 0.725. The van der Waals surface area contributed by atoms with Crippen molar-refractivity contribution in [3.63, 3.8) is 0 Å². The molecule has 1 unspecified atom stereocenters. The smallest absolute Gasteiger partial charge is 0.129 e. The maximum Gasteiger partial charge on any atom is 0.129 e. The fraction of sp³-hybridized carbons (Fsp3) is 0.125. The van der Waals surface area contributed by atoms with E-state index < -0.39 is 6.23 Å². The lowest BCUT2D eigenvalue weighted by molar-refractivity contribution is 0.186. The van der Waals surface area contributed by atoms with Gasteiger partial charge in [0.05, 0.1) is 11.6 Å². The van der Waals surface area contributed by atoms with Gasteiger partial charge in [0.25, 0.3) is 0 Å². The minimum Gasteiger partial charge on any atom is -0.375 e. The molecule has 0 spiro atoms. The molecule has 0 aliphatic heterocycles. The zero-order valence-corrected chi connectivity index (χ0v) is 5.78. The summed E-state index contributed by atoms with van der Waals surface area (Å²) in [6.07, 6.45) is -1.05. The second-order valence-electron chi connectivity index (χ2n) is 2.09. The van der Waals surface area contributed by atoms with Gasteiger partial charge in [0, 0.05) is 5.56 Å². The van der Waals surface area contributed by atoms with Crippen LogP contribution in [0.5, 0.6) is 0 Å². The van der Waals surface area contributed by atoms with E-state index in [1.807, 2.05) is 6.07 Å². The number of rotatable bonds is 1. The molecule has 0 fully saturated rings. The summed E-state index contributed by atoms with van der Waals surface area (Å²) in [6, 6.07) is 9.32. The van der Waals surface area contributed by atoms with E-state index in [1.54, 1.807) is 12.1 Å². The molecule has 3 heteroatoms. The first kappa shape index (κ1) is 7.73. The van der Waals surface area contributed by atoms with Gasteiger partial charge >= 0.3 is 0 Å². The summed E-state index contributed by atoms with van der Waals surface area (Å²) >= 11 is 0. The molecule has 3 nitrogen and oxygen atoms in total. The van der Waals surface area contributed by atoms with Gasteiger partial charge in [0.1, 0.15) is 6.23 Å². The van der Waals surface area contributed by atoms with Crippen molar-refractivity contribution in [2.45, 2.75) is 6.23 Å². The first-order valence-corrected chi connectivity index (χ1v) is 3.09. The Morgan fingerprint density at radius 3 is 3.00 bits per heavy atom. The molecular weight excluding hydrogens is 140 g/mol. The largest absolute Gasteiger partial charge is 0.375 e. The van der Waals surface area contributed by atoms with Gasteiger partial charge in [-0.2, -0.15) is 5.26 Å². The Morgan fingerprint density at radius 2 is 2.45 bits per heavy atom. The minimum atomic E-state index is -1.05. The summed E-state index contributed by atoms with van der Waals surface area (Å²) in [5, 5.41) is 17.3. The Morgan fingerprint density at radius 1 is 1.73 bits per heavy atom. The zero-order valence-electron chi connectivity index (χ0n) is 5.78. The molecule has 0 saturated carbocycles. The van der Waals surface area contributed by atoms with Crippen LogP contribution in [0.1, 0.15) is 17.4 Å². The number of hydrogen-bond acceptors (Lipinski definition) is 3. The maximum absolute atomic E-state index is 8.88. The molecule has 0 heterocycles. The summed E-state index contributed by atoms with van der Waals surface area (Å²) in [6.45, 7) is 0. The number of nitriles is 1. The molecule has 1 aromatic carbocycles. The second-order valence-corrected chi connectivity index (χ2v) is 2.09. The third-order valence-corrected chi connectivity index (χ3v) is 1.27. The summed E-state index contributed by atoms with van der Waals surface area (Å²) in [7, 11) is 0. The number of aliphatic hydroxyl groups excluding tert-OH is 1. The van der Waals surface area contributed by atoms with Gasteiger partial charge in [-0.15, -0.1) is 0 Å². The van der Waals surface area contributed by atoms with E-state index in [9.17, 15) is 0 Å². The summed E-state index contributed by atoms with van der Waals surface area (Å²) < 4.78 is 0. The van der Waals surface area contributed by atoms with Crippen LogP contribution in [0, 0.1) is 17.4 Å². The van der Waals surface area contributed by atoms with Gasteiger partial charge in [-0.3, -0.25) is 0 Å². The van der Waals surface area contributed by atoms with Crippen LogP contribution in [0.4, 0.5) is 0 Å². The average Bonchev–Trinajstić information content (AvgIpc) is 2.05. The Hall–Kier alpha value is -1.37. The topological polar surface area (TPSA) is 70.0 Å². The highest BCUT2D eigenvalue weighted by atomic mass is 16.3. The van der Waals surface area contributed by atoms with Gasteiger partial charge in [-0.25, -0.2) is 0 Å². The molecule has 0 amide bonds. The van der Waals surface area contributed by atoms with Gasteiger partial charge in [0.2, 0.25) is 0 Å².